The minimum atomic E-state index is -1.29. The standard InChI is InChI=1S/C7H7FN2O2/c8-10(7(9)11)12-6-4-2-1-3-5-6/h1-5H,(H2,9,11). The van der Waals surface area contributed by atoms with E-state index in [2.05, 4.69) is 10.6 Å². The highest BCUT2D eigenvalue weighted by Crippen LogP contribution is 2.10. The largest absolute Gasteiger partial charge is 0.379 e. The fourth-order valence-electron chi connectivity index (χ4n) is 0.619. The summed E-state index contributed by atoms with van der Waals surface area (Å²) in [5, 5.41) is -0.532. The Labute approximate surface area is 68.2 Å². The summed E-state index contributed by atoms with van der Waals surface area (Å²) in [7, 11) is 0. The van der Waals surface area contributed by atoms with Crippen molar-refractivity contribution in [1.29, 1.82) is 0 Å². The third-order valence-electron chi connectivity index (χ3n) is 1.10. The van der Waals surface area contributed by atoms with Crippen molar-refractivity contribution in [3.63, 3.8) is 0 Å². The zero-order chi connectivity index (χ0) is 8.97. The number of hydrogen-bond acceptors (Lipinski definition) is 2. The van der Waals surface area contributed by atoms with E-state index in [1.807, 2.05) is 0 Å². The first-order valence-corrected chi connectivity index (χ1v) is 3.18. The summed E-state index contributed by atoms with van der Waals surface area (Å²) < 4.78 is 12.3. The molecular formula is C7H7FN2O2. The lowest BCUT2D eigenvalue weighted by Gasteiger charge is -2.08. The van der Waals surface area contributed by atoms with Crippen molar-refractivity contribution >= 4 is 6.03 Å². The Morgan fingerprint density at radius 1 is 1.42 bits per heavy atom. The van der Waals surface area contributed by atoms with E-state index in [0.717, 1.165) is 0 Å². The molecule has 0 heterocycles. The summed E-state index contributed by atoms with van der Waals surface area (Å²) in [6.45, 7) is 0. The van der Waals surface area contributed by atoms with Crippen LogP contribution >= 0.6 is 0 Å². The van der Waals surface area contributed by atoms with E-state index in [1.54, 1.807) is 18.2 Å². The fraction of sp³-hybridized carbons (Fsp3) is 0. The molecular weight excluding hydrogens is 163 g/mol. The Morgan fingerprint density at radius 2 is 2.00 bits per heavy atom. The smallest absolute Gasteiger partial charge is 0.347 e. The second-order valence-electron chi connectivity index (χ2n) is 1.99. The minimum Gasteiger partial charge on any atom is -0.347 e. The van der Waals surface area contributed by atoms with Crippen LogP contribution in [0.5, 0.6) is 5.75 Å². The molecule has 1 aromatic carbocycles. The van der Waals surface area contributed by atoms with Crippen molar-refractivity contribution in [3.8, 4) is 5.75 Å². The summed E-state index contributed by atoms with van der Waals surface area (Å²) in [5.74, 6) is 0.207. The first-order valence-electron chi connectivity index (χ1n) is 3.18. The lowest BCUT2D eigenvalue weighted by atomic mass is 10.3. The monoisotopic (exact) mass is 170 g/mol. The molecule has 2 amide bonds. The molecule has 0 unspecified atom stereocenters. The van der Waals surface area contributed by atoms with Crippen LogP contribution in [0.25, 0.3) is 0 Å². The molecule has 0 fully saturated rings. The number of amides is 2. The summed E-state index contributed by atoms with van der Waals surface area (Å²) in [4.78, 5) is 14.5. The summed E-state index contributed by atoms with van der Waals surface area (Å²) in [5.41, 5.74) is 4.57. The number of primary amides is 1. The molecule has 0 aliphatic rings. The topological polar surface area (TPSA) is 55.6 Å². The zero-order valence-corrected chi connectivity index (χ0v) is 6.11. The van der Waals surface area contributed by atoms with Gasteiger partial charge in [0, 0.05) is 5.29 Å². The number of halogens is 1. The quantitative estimate of drug-likeness (QED) is 0.536. The van der Waals surface area contributed by atoms with Crippen LogP contribution in [-0.4, -0.2) is 11.3 Å². The summed E-state index contributed by atoms with van der Waals surface area (Å²) >= 11 is 0. The van der Waals surface area contributed by atoms with Crippen molar-refractivity contribution < 1.29 is 14.1 Å². The molecule has 1 aromatic rings. The van der Waals surface area contributed by atoms with Gasteiger partial charge < -0.3 is 10.6 Å². The van der Waals surface area contributed by atoms with E-state index in [4.69, 9.17) is 0 Å². The number of rotatable bonds is 2. The van der Waals surface area contributed by atoms with Crippen LogP contribution in [0, 0.1) is 0 Å². The number of para-hydroxylation sites is 1. The van der Waals surface area contributed by atoms with Crippen molar-refractivity contribution in [2.45, 2.75) is 0 Å². The average molecular weight is 170 g/mol. The molecule has 4 nitrogen and oxygen atoms in total. The second kappa shape index (κ2) is 3.56. The SMILES string of the molecule is NC(=O)N(F)Oc1ccccc1. The Morgan fingerprint density at radius 3 is 2.50 bits per heavy atom. The van der Waals surface area contributed by atoms with Crippen LogP contribution in [0.3, 0.4) is 0 Å². The van der Waals surface area contributed by atoms with E-state index in [0.29, 0.717) is 0 Å². The van der Waals surface area contributed by atoms with Gasteiger partial charge in [-0.1, -0.05) is 22.7 Å². The molecule has 0 saturated carbocycles. The highest BCUT2D eigenvalue weighted by molar-refractivity contribution is 5.69. The molecule has 0 aliphatic carbocycles. The maximum absolute atomic E-state index is 12.3. The van der Waals surface area contributed by atoms with Crippen molar-refractivity contribution in [2.75, 3.05) is 0 Å². The van der Waals surface area contributed by atoms with E-state index in [1.165, 1.54) is 12.1 Å². The summed E-state index contributed by atoms with van der Waals surface area (Å²) in [6, 6.07) is 6.72. The highest BCUT2D eigenvalue weighted by Gasteiger charge is 2.08. The third kappa shape index (κ3) is 2.12. The molecule has 12 heavy (non-hydrogen) atoms. The number of hydroxylamine groups is 1. The number of benzene rings is 1. The Hall–Kier alpha value is -1.78. The number of urea groups is 1. The van der Waals surface area contributed by atoms with Crippen molar-refractivity contribution in [3.05, 3.63) is 30.3 Å². The lowest BCUT2D eigenvalue weighted by Crippen LogP contribution is -2.31. The maximum Gasteiger partial charge on any atom is 0.379 e. The molecule has 0 bridgehead atoms. The van der Waals surface area contributed by atoms with Gasteiger partial charge in [0.2, 0.25) is 0 Å². The van der Waals surface area contributed by atoms with E-state index in [9.17, 15) is 9.28 Å². The molecule has 0 radical (unpaired) electrons. The van der Waals surface area contributed by atoms with Crippen LogP contribution in [-0.2, 0) is 0 Å². The van der Waals surface area contributed by atoms with Gasteiger partial charge in [-0.05, 0) is 12.1 Å². The highest BCUT2D eigenvalue weighted by atomic mass is 19.2. The van der Waals surface area contributed by atoms with Gasteiger partial charge in [0.15, 0.2) is 5.75 Å². The third-order valence-corrected chi connectivity index (χ3v) is 1.10. The van der Waals surface area contributed by atoms with E-state index in [-0.39, 0.29) is 5.75 Å². The fourth-order valence-corrected chi connectivity index (χ4v) is 0.619. The van der Waals surface area contributed by atoms with Gasteiger partial charge in [-0.15, -0.1) is 0 Å². The van der Waals surface area contributed by atoms with Gasteiger partial charge >= 0.3 is 6.03 Å². The number of carbonyl (C=O) groups is 1. The number of nitrogens with zero attached hydrogens (tertiary/aromatic N) is 1. The van der Waals surface area contributed by atoms with Crippen LogP contribution in [0.4, 0.5) is 9.28 Å². The maximum atomic E-state index is 12.3. The molecule has 0 saturated heterocycles. The van der Waals surface area contributed by atoms with Gasteiger partial charge in [-0.2, -0.15) is 0 Å². The van der Waals surface area contributed by atoms with Crippen molar-refractivity contribution in [1.82, 2.24) is 5.29 Å². The molecule has 1 rings (SSSR count). The molecule has 0 atom stereocenters. The number of nitrogens with two attached hydrogens (primary N) is 1. The molecule has 0 aromatic heterocycles. The predicted molar refractivity (Wildman–Crippen MR) is 39.6 cm³/mol. The molecule has 0 aliphatic heterocycles. The first kappa shape index (κ1) is 8.32. The predicted octanol–water partition coefficient (Wildman–Crippen LogP) is 1.25. The van der Waals surface area contributed by atoms with Crippen LogP contribution in [0.1, 0.15) is 0 Å². The second-order valence-corrected chi connectivity index (χ2v) is 1.99. The number of hydrogen-bond donors (Lipinski definition) is 1. The lowest BCUT2D eigenvalue weighted by molar-refractivity contribution is -0.155. The molecule has 5 heteroatoms. The zero-order valence-electron chi connectivity index (χ0n) is 6.11. The Balaban J connectivity index is 2.58. The van der Waals surface area contributed by atoms with Gasteiger partial charge in [-0.25, -0.2) is 4.79 Å². The normalized spacial score (nSPS) is 9.08. The molecule has 64 valence electrons. The first-order chi connectivity index (χ1) is 5.70. The van der Waals surface area contributed by atoms with Crippen LogP contribution < -0.4 is 10.6 Å². The van der Waals surface area contributed by atoms with Crippen molar-refractivity contribution in [2.24, 2.45) is 5.73 Å². The molecule has 2 N–H and O–H groups in total. The minimum absolute atomic E-state index is 0.207. The number of carbonyl (C=O) groups excluding carboxylic acids is 1. The Kier molecular flexibility index (Phi) is 2.47. The van der Waals surface area contributed by atoms with Gasteiger partial charge in [0.05, 0.1) is 0 Å². The van der Waals surface area contributed by atoms with Crippen LogP contribution in [0.15, 0.2) is 30.3 Å². The van der Waals surface area contributed by atoms with Gasteiger partial charge in [-0.3, -0.25) is 0 Å². The van der Waals surface area contributed by atoms with Gasteiger partial charge in [0.1, 0.15) is 0 Å². The average Bonchev–Trinajstić information content (AvgIpc) is 2.06. The van der Waals surface area contributed by atoms with Crippen LogP contribution in [0.2, 0.25) is 0 Å². The van der Waals surface area contributed by atoms with E-state index >= 15 is 0 Å². The Bertz CT molecular complexity index is 265. The molecule has 0 spiro atoms. The summed E-state index contributed by atoms with van der Waals surface area (Å²) in [6.07, 6.45) is 0. The van der Waals surface area contributed by atoms with E-state index < -0.39 is 11.3 Å². The van der Waals surface area contributed by atoms with Gasteiger partial charge in [0.25, 0.3) is 0 Å².